The fourth-order valence-electron chi connectivity index (χ4n) is 5.32. The zero-order valence-corrected chi connectivity index (χ0v) is 30.8. The van der Waals surface area contributed by atoms with Crippen molar-refractivity contribution < 1.29 is 32.9 Å². The predicted molar refractivity (Wildman–Crippen MR) is 146 cm³/mol. The highest BCUT2D eigenvalue weighted by atomic mass is 28.6. The molecule has 2 heterocycles. The summed E-state index contributed by atoms with van der Waals surface area (Å²) in [7, 11) is -20.5. The van der Waals surface area contributed by atoms with Gasteiger partial charge < -0.3 is 32.9 Å². The molecule has 2 aliphatic rings. The minimum Gasteiger partial charge on any atom is -0.416 e. The Bertz CT molecular complexity index is 612. The van der Waals surface area contributed by atoms with Crippen molar-refractivity contribution in [3.63, 3.8) is 0 Å². The predicted octanol–water partition coefficient (Wildman–Crippen LogP) is 5.43. The van der Waals surface area contributed by atoms with Gasteiger partial charge in [-0.1, -0.05) is 6.92 Å². The second-order valence-corrected chi connectivity index (χ2v) is 41.7. The van der Waals surface area contributed by atoms with Gasteiger partial charge in [-0.25, -0.2) is 0 Å². The summed E-state index contributed by atoms with van der Waals surface area (Å²) in [6.45, 7) is 31.5. The fraction of sp³-hybridized carbons (Fsp3) is 1.00. The van der Waals surface area contributed by atoms with Crippen molar-refractivity contribution in [2.45, 2.75) is 104 Å². The van der Waals surface area contributed by atoms with Gasteiger partial charge in [0.25, 0.3) is 0 Å². The first kappa shape index (κ1) is 29.6. The summed E-state index contributed by atoms with van der Waals surface area (Å²) >= 11 is 0. The van der Waals surface area contributed by atoms with Crippen LogP contribution < -0.4 is 0 Å². The first-order valence-corrected chi connectivity index (χ1v) is 33.1. The molecule has 2 rings (SSSR count). The molecule has 0 atom stereocenters. The van der Waals surface area contributed by atoms with E-state index < -0.39 is 68.5 Å². The molecule has 0 N–H and O–H groups in total. The van der Waals surface area contributed by atoms with E-state index >= 15 is 0 Å². The molecular formula is C16H46O8Si8. The van der Waals surface area contributed by atoms with Crippen LogP contribution in [0, 0.1) is 0 Å². The third kappa shape index (κ3) is 7.70. The second-order valence-electron chi connectivity index (χ2n) is 12.0. The Morgan fingerprint density at radius 3 is 0.656 bits per heavy atom. The third-order valence-electron chi connectivity index (χ3n) is 5.33. The van der Waals surface area contributed by atoms with Gasteiger partial charge in [-0.2, -0.15) is 0 Å². The average molecular weight is 591 g/mol. The minimum absolute atomic E-state index is 0.0442. The standard InChI is InChI=1S/C16H46O8Si8/c1-16(31(14)21-27(6,7)17-25(2,3)18-28(8,9)22-31)32(15)23-29(10,11)19-26(4,5)20-30(12,13)24-32/h16H,1-15H3. The lowest BCUT2D eigenvalue weighted by Gasteiger charge is -2.54. The number of hydrogen-bond donors (Lipinski definition) is 0. The molecular weight excluding hydrogens is 545 g/mol. The summed E-state index contributed by atoms with van der Waals surface area (Å²) < 4.78 is 53.9. The molecule has 0 saturated carbocycles. The van der Waals surface area contributed by atoms with Crippen LogP contribution in [-0.4, -0.2) is 68.5 Å². The van der Waals surface area contributed by atoms with Gasteiger partial charge in [-0.3, -0.25) is 0 Å². The van der Waals surface area contributed by atoms with E-state index in [1.54, 1.807) is 0 Å². The molecule has 190 valence electrons. The Morgan fingerprint density at radius 1 is 0.312 bits per heavy atom. The van der Waals surface area contributed by atoms with Gasteiger partial charge >= 0.3 is 68.5 Å². The number of rotatable bonds is 2. The van der Waals surface area contributed by atoms with Crippen LogP contribution >= 0.6 is 0 Å². The first-order chi connectivity index (χ1) is 13.8. The van der Waals surface area contributed by atoms with Crippen LogP contribution in [0.25, 0.3) is 0 Å². The Labute approximate surface area is 204 Å². The molecule has 0 radical (unpaired) electrons. The maximum absolute atomic E-state index is 6.92. The highest BCUT2D eigenvalue weighted by Crippen LogP contribution is 2.44. The second kappa shape index (κ2) is 8.76. The highest BCUT2D eigenvalue weighted by Gasteiger charge is 2.63. The van der Waals surface area contributed by atoms with Crippen molar-refractivity contribution in [3.05, 3.63) is 0 Å². The largest absolute Gasteiger partial charge is 0.416 e. The van der Waals surface area contributed by atoms with E-state index in [1.807, 2.05) is 0 Å². The molecule has 0 aromatic heterocycles. The lowest BCUT2D eigenvalue weighted by atomic mass is 10.9. The SMILES string of the molecule is CC([Si]1(C)O[Si](C)(C)O[Si](C)(C)O[Si](C)(C)O1)[Si]1(C)O[Si](C)(C)O[Si](C)(C)O[Si](C)(C)O1. The summed E-state index contributed by atoms with van der Waals surface area (Å²) in [6.07, 6.45) is 0. The van der Waals surface area contributed by atoms with Crippen LogP contribution in [0.15, 0.2) is 0 Å². The van der Waals surface area contributed by atoms with E-state index in [-0.39, 0.29) is 5.16 Å². The minimum atomic E-state index is -2.86. The van der Waals surface area contributed by atoms with E-state index in [1.165, 1.54) is 0 Å². The van der Waals surface area contributed by atoms with Gasteiger partial charge in [-0.15, -0.1) is 0 Å². The molecule has 0 spiro atoms. The van der Waals surface area contributed by atoms with Crippen molar-refractivity contribution in [1.82, 2.24) is 0 Å². The molecule has 2 saturated heterocycles. The first-order valence-electron chi connectivity index (χ1n) is 11.4. The van der Waals surface area contributed by atoms with Crippen molar-refractivity contribution in [1.29, 1.82) is 0 Å². The van der Waals surface area contributed by atoms with Gasteiger partial charge in [0.1, 0.15) is 0 Å². The van der Waals surface area contributed by atoms with E-state index in [4.69, 9.17) is 32.9 Å². The quantitative estimate of drug-likeness (QED) is 0.394. The van der Waals surface area contributed by atoms with Crippen LogP contribution in [0.3, 0.4) is 0 Å². The van der Waals surface area contributed by atoms with Crippen molar-refractivity contribution in [2.75, 3.05) is 0 Å². The van der Waals surface area contributed by atoms with E-state index in [0.29, 0.717) is 0 Å². The monoisotopic (exact) mass is 590 g/mol. The zero-order chi connectivity index (χ0) is 25.2. The van der Waals surface area contributed by atoms with E-state index in [2.05, 4.69) is 98.6 Å². The average Bonchev–Trinajstić information content (AvgIpc) is 2.34. The van der Waals surface area contributed by atoms with Gasteiger partial charge in [-0.05, 0) is 91.7 Å². The molecule has 32 heavy (non-hydrogen) atoms. The van der Waals surface area contributed by atoms with Gasteiger partial charge in [0.2, 0.25) is 0 Å². The van der Waals surface area contributed by atoms with E-state index in [0.717, 1.165) is 0 Å². The zero-order valence-electron chi connectivity index (χ0n) is 22.8. The molecule has 0 aromatic carbocycles. The Hall–Kier alpha value is 1.42. The highest BCUT2D eigenvalue weighted by molar-refractivity contribution is 7.01. The Morgan fingerprint density at radius 2 is 0.469 bits per heavy atom. The van der Waals surface area contributed by atoms with Gasteiger partial charge in [0.05, 0.1) is 0 Å². The van der Waals surface area contributed by atoms with Gasteiger partial charge in [0, 0.05) is 5.16 Å². The lowest BCUT2D eigenvalue weighted by molar-refractivity contribution is 0.215. The summed E-state index contributed by atoms with van der Waals surface area (Å²) in [5.74, 6) is 0. The van der Waals surface area contributed by atoms with Crippen molar-refractivity contribution in [2.24, 2.45) is 0 Å². The molecule has 0 unspecified atom stereocenters. The Balaban J connectivity index is 2.51. The molecule has 8 nitrogen and oxygen atoms in total. The lowest BCUT2D eigenvalue weighted by Crippen LogP contribution is -2.72. The van der Waals surface area contributed by atoms with Crippen LogP contribution in [0.2, 0.25) is 96.8 Å². The third-order valence-corrected chi connectivity index (χ3v) is 41.7. The molecule has 0 bridgehead atoms. The summed E-state index contributed by atoms with van der Waals surface area (Å²) in [6, 6.07) is 0. The van der Waals surface area contributed by atoms with E-state index in [9.17, 15) is 0 Å². The summed E-state index contributed by atoms with van der Waals surface area (Å²) in [5.41, 5.74) is 0. The fourth-order valence-corrected chi connectivity index (χ4v) is 53.0. The molecule has 2 fully saturated rings. The number of hydrogen-bond acceptors (Lipinski definition) is 8. The van der Waals surface area contributed by atoms with Crippen LogP contribution in [0.4, 0.5) is 0 Å². The molecule has 16 heteroatoms. The normalized spacial score (nSPS) is 32.2. The molecule has 0 aliphatic carbocycles. The molecule has 2 aliphatic heterocycles. The molecule has 0 amide bonds. The van der Waals surface area contributed by atoms with Crippen molar-refractivity contribution in [3.8, 4) is 0 Å². The van der Waals surface area contributed by atoms with Crippen LogP contribution in [0.5, 0.6) is 0 Å². The van der Waals surface area contributed by atoms with Crippen LogP contribution in [-0.2, 0) is 32.9 Å². The topological polar surface area (TPSA) is 73.8 Å². The summed E-state index contributed by atoms with van der Waals surface area (Å²) in [4.78, 5) is 0. The van der Waals surface area contributed by atoms with Crippen LogP contribution in [0.1, 0.15) is 6.92 Å². The Kier molecular flexibility index (Phi) is 8.12. The molecule has 0 aromatic rings. The van der Waals surface area contributed by atoms with Crippen molar-refractivity contribution >= 4 is 68.5 Å². The maximum atomic E-state index is 6.92. The maximum Gasteiger partial charge on any atom is 0.322 e. The smallest absolute Gasteiger partial charge is 0.322 e. The van der Waals surface area contributed by atoms with Gasteiger partial charge in [0.15, 0.2) is 0 Å². The summed E-state index contributed by atoms with van der Waals surface area (Å²) in [5, 5.41) is -0.0442.